The standard InChI is InChI=1S/C21H18FN7O/c1-26-20(23-15-24-26)14-30-21-25-29-17(13-27(21)16-7-3-2-4-8-16)11-12-28(29)19-10-6-5-9-18(19)22/h2-13,15H,14H2,1H3. The van der Waals surface area contributed by atoms with E-state index in [4.69, 9.17) is 4.74 Å². The summed E-state index contributed by atoms with van der Waals surface area (Å²) in [4.78, 5) is 6.04. The highest BCUT2D eigenvalue weighted by Gasteiger charge is 2.31. The van der Waals surface area contributed by atoms with Gasteiger partial charge in [0.1, 0.15) is 23.5 Å². The van der Waals surface area contributed by atoms with Gasteiger partial charge in [-0.05, 0) is 30.3 Å². The van der Waals surface area contributed by atoms with Crippen LogP contribution in [0, 0.1) is 5.82 Å². The van der Waals surface area contributed by atoms with Crippen LogP contribution in [0.15, 0.2) is 90.2 Å². The van der Waals surface area contributed by atoms with Crippen molar-refractivity contribution in [1.82, 2.24) is 19.9 Å². The predicted octanol–water partition coefficient (Wildman–Crippen LogP) is 3.35. The zero-order valence-electron chi connectivity index (χ0n) is 16.1. The van der Waals surface area contributed by atoms with E-state index in [1.807, 2.05) is 47.5 Å². The van der Waals surface area contributed by atoms with Gasteiger partial charge in [-0.1, -0.05) is 35.4 Å². The lowest BCUT2D eigenvalue weighted by atomic mass is 10.3. The number of allylic oxidation sites excluding steroid dienone is 1. The molecule has 0 amide bonds. The number of hydrazone groups is 1. The number of anilines is 2. The quantitative estimate of drug-likeness (QED) is 0.666. The average Bonchev–Trinajstić information content (AvgIpc) is 3.38. The molecule has 5 rings (SSSR count). The second-order valence-electron chi connectivity index (χ2n) is 6.63. The maximum Gasteiger partial charge on any atom is 0.320 e. The van der Waals surface area contributed by atoms with Crippen LogP contribution in [0.2, 0.25) is 0 Å². The number of ether oxygens (including phenoxy) is 1. The number of hydrogen-bond donors (Lipinski definition) is 0. The number of aryl methyl sites for hydroxylation is 1. The van der Waals surface area contributed by atoms with Crippen LogP contribution in [0.4, 0.5) is 15.8 Å². The van der Waals surface area contributed by atoms with Crippen LogP contribution in [0.25, 0.3) is 0 Å². The predicted molar refractivity (Wildman–Crippen MR) is 110 cm³/mol. The highest BCUT2D eigenvalue weighted by atomic mass is 19.1. The van der Waals surface area contributed by atoms with Gasteiger partial charge in [-0.15, -0.1) is 0 Å². The largest absolute Gasteiger partial charge is 0.455 e. The SMILES string of the molecule is Cn1ncnc1COC1=NN2C(=CN1c1ccccc1)C=CN2c1ccccc1F. The van der Waals surface area contributed by atoms with E-state index in [1.54, 1.807) is 46.3 Å². The fraction of sp³-hybridized carbons (Fsp3) is 0.0952. The molecule has 2 aromatic carbocycles. The molecular formula is C21H18FN7O. The molecule has 2 aliphatic rings. The molecule has 0 unspecified atom stereocenters. The van der Waals surface area contributed by atoms with Gasteiger partial charge < -0.3 is 4.74 Å². The first kappa shape index (κ1) is 17.9. The van der Waals surface area contributed by atoms with Crippen LogP contribution in [0.3, 0.4) is 0 Å². The van der Waals surface area contributed by atoms with Crippen molar-refractivity contribution in [1.29, 1.82) is 0 Å². The minimum atomic E-state index is -0.342. The van der Waals surface area contributed by atoms with E-state index >= 15 is 0 Å². The van der Waals surface area contributed by atoms with E-state index in [9.17, 15) is 4.39 Å². The van der Waals surface area contributed by atoms with Gasteiger partial charge in [-0.3, -0.25) is 9.58 Å². The van der Waals surface area contributed by atoms with Crippen LogP contribution in [-0.2, 0) is 18.4 Å². The maximum atomic E-state index is 14.4. The third-order valence-corrected chi connectivity index (χ3v) is 4.74. The first-order valence-electron chi connectivity index (χ1n) is 9.33. The molecule has 0 aliphatic carbocycles. The van der Waals surface area contributed by atoms with Crippen molar-refractivity contribution in [3.8, 4) is 0 Å². The molecule has 2 aliphatic heterocycles. The smallest absolute Gasteiger partial charge is 0.320 e. The number of para-hydroxylation sites is 2. The molecule has 0 bridgehead atoms. The lowest BCUT2D eigenvalue weighted by molar-refractivity contribution is 0.250. The monoisotopic (exact) mass is 403 g/mol. The van der Waals surface area contributed by atoms with Gasteiger partial charge in [0.2, 0.25) is 0 Å². The van der Waals surface area contributed by atoms with E-state index in [0.29, 0.717) is 17.5 Å². The summed E-state index contributed by atoms with van der Waals surface area (Å²) in [7, 11) is 1.80. The summed E-state index contributed by atoms with van der Waals surface area (Å²) in [5.41, 5.74) is 2.05. The van der Waals surface area contributed by atoms with Gasteiger partial charge in [-0.2, -0.15) is 10.2 Å². The van der Waals surface area contributed by atoms with E-state index in [2.05, 4.69) is 15.2 Å². The topological polar surface area (TPSA) is 62.0 Å². The van der Waals surface area contributed by atoms with Crippen LogP contribution < -0.4 is 9.91 Å². The fourth-order valence-electron chi connectivity index (χ4n) is 3.19. The van der Waals surface area contributed by atoms with Crippen molar-refractivity contribution >= 4 is 17.4 Å². The number of fused-ring (bicyclic) bond motifs is 1. The number of hydrogen-bond acceptors (Lipinski definition) is 7. The fourth-order valence-corrected chi connectivity index (χ4v) is 3.19. The Morgan fingerprint density at radius 1 is 1.03 bits per heavy atom. The summed E-state index contributed by atoms with van der Waals surface area (Å²) < 4.78 is 22.0. The summed E-state index contributed by atoms with van der Waals surface area (Å²) in [5, 5.41) is 12.0. The second-order valence-corrected chi connectivity index (χ2v) is 6.63. The van der Waals surface area contributed by atoms with Gasteiger partial charge in [0.15, 0.2) is 12.4 Å². The van der Waals surface area contributed by atoms with Crippen LogP contribution in [0.5, 0.6) is 0 Å². The number of nitrogens with zero attached hydrogens (tertiary/aromatic N) is 7. The van der Waals surface area contributed by atoms with Gasteiger partial charge in [0, 0.05) is 19.4 Å². The van der Waals surface area contributed by atoms with E-state index in [1.165, 1.54) is 12.4 Å². The summed E-state index contributed by atoms with van der Waals surface area (Å²) >= 11 is 0. The number of halogens is 1. The molecule has 3 aromatic rings. The third kappa shape index (κ3) is 3.16. The molecule has 3 heterocycles. The summed E-state index contributed by atoms with van der Waals surface area (Å²) in [6.07, 6.45) is 7.00. The van der Waals surface area contributed by atoms with E-state index in [0.717, 1.165) is 11.4 Å². The molecular weight excluding hydrogens is 385 g/mol. The Bertz CT molecular complexity index is 1150. The third-order valence-electron chi connectivity index (χ3n) is 4.74. The molecule has 9 heteroatoms. The molecule has 0 fully saturated rings. The number of hydrazine groups is 1. The van der Waals surface area contributed by atoms with Gasteiger partial charge in [0.25, 0.3) is 0 Å². The number of rotatable bonds is 4. The summed E-state index contributed by atoms with van der Waals surface area (Å²) in [6, 6.07) is 16.6. The molecule has 0 saturated heterocycles. The van der Waals surface area contributed by atoms with Crippen molar-refractivity contribution < 1.29 is 9.13 Å². The molecule has 0 N–H and O–H groups in total. The Balaban J connectivity index is 1.50. The molecule has 0 spiro atoms. The zero-order valence-corrected chi connectivity index (χ0v) is 16.1. The zero-order chi connectivity index (χ0) is 20.5. The molecule has 8 nitrogen and oxygen atoms in total. The molecule has 30 heavy (non-hydrogen) atoms. The molecule has 0 radical (unpaired) electrons. The Morgan fingerprint density at radius 2 is 1.83 bits per heavy atom. The number of benzene rings is 2. The van der Waals surface area contributed by atoms with Crippen LogP contribution >= 0.6 is 0 Å². The highest BCUT2D eigenvalue weighted by Crippen LogP contribution is 2.32. The van der Waals surface area contributed by atoms with Crippen molar-refractivity contribution in [3.63, 3.8) is 0 Å². The van der Waals surface area contributed by atoms with Crippen molar-refractivity contribution in [2.24, 2.45) is 12.1 Å². The molecule has 1 aromatic heterocycles. The second kappa shape index (κ2) is 7.36. The van der Waals surface area contributed by atoms with E-state index in [-0.39, 0.29) is 12.4 Å². The minimum absolute atomic E-state index is 0.183. The number of amidine groups is 1. The minimum Gasteiger partial charge on any atom is -0.455 e. The van der Waals surface area contributed by atoms with Gasteiger partial charge in [-0.25, -0.2) is 14.4 Å². The lowest BCUT2D eigenvalue weighted by Gasteiger charge is -2.33. The van der Waals surface area contributed by atoms with E-state index < -0.39 is 0 Å². The Hall–Kier alpha value is -4.14. The summed E-state index contributed by atoms with van der Waals surface area (Å²) in [5.74, 6) is 0.316. The molecule has 0 saturated carbocycles. The first-order valence-corrected chi connectivity index (χ1v) is 9.33. The van der Waals surface area contributed by atoms with Crippen LogP contribution in [0.1, 0.15) is 5.82 Å². The average molecular weight is 403 g/mol. The Morgan fingerprint density at radius 3 is 2.60 bits per heavy atom. The Kier molecular flexibility index (Phi) is 4.40. The molecule has 150 valence electrons. The highest BCUT2D eigenvalue weighted by molar-refractivity contribution is 5.94. The first-order chi connectivity index (χ1) is 14.7. The van der Waals surface area contributed by atoms with Crippen molar-refractivity contribution in [3.05, 3.63) is 96.7 Å². The normalized spacial score (nSPS) is 15.2. The molecule has 0 atom stereocenters. The van der Waals surface area contributed by atoms with Gasteiger partial charge >= 0.3 is 6.02 Å². The summed E-state index contributed by atoms with van der Waals surface area (Å²) in [6.45, 7) is 0.183. The van der Waals surface area contributed by atoms with Crippen molar-refractivity contribution in [2.45, 2.75) is 6.61 Å². The van der Waals surface area contributed by atoms with Crippen LogP contribution in [-0.4, -0.2) is 25.9 Å². The van der Waals surface area contributed by atoms with Gasteiger partial charge in [0.05, 0.1) is 5.69 Å². The Labute approximate surface area is 172 Å². The lowest BCUT2D eigenvalue weighted by Crippen LogP contribution is -2.40. The maximum absolute atomic E-state index is 14.4. The number of aromatic nitrogens is 3. The van der Waals surface area contributed by atoms with Crippen molar-refractivity contribution in [2.75, 3.05) is 9.91 Å².